The van der Waals surface area contributed by atoms with Crippen LogP contribution in [0.3, 0.4) is 0 Å². The van der Waals surface area contributed by atoms with E-state index in [2.05, 4.69) is 25.9 Å². The highest BCUT2D eigenvalue weighted by atomic mass is 32.2. The summed E-state index contributed by atoms with van der Waals surface area (Å²) >= 11 is 1.48. The van der Waals surface area contributed by atoms with Crippen LogP contribution in [0.5, 0.6) is 5.75 Å². The smallest absolute Gasteiger partial charge is 0.377 e. The molecule has 0 fully saturated rings. The topological polar surface area (TPSA) is 200 Å². The molecule has 2 aromatic heterocycles. The Bertz CT molecular complexity index is 2460. The Labute approximate surface area is 358 Å². The third-order valence-electron chi connectivity index (χ3n) is 9.97. The third kappa shape index (κ3) is 12.1. The monoisotopic (exact) mass is 843 g/mol. The zero-order chi connectivity index (χ0) is 43.5. The second kappa shape index (κ2) is 20.3. The van der Waals surface area contributed by atoms with Crippen LogP contribution in [0.4, 0.5) is 0 Å². The van der Waals surface area contributed by atoms with E-state index in [9.17, 15) is 24.0 Å². The summed E-state index contributed by atoms with van der Waals surface area (Å²) in [6.07, 6.45) is 3.44. The molecule has 4 aromatic carbocycles. The van der Waals surface area contributed by atoms with E-state index < -0.39 is 59.2 Å². The van der Waals surface area contributed by atoms with E-state index in [0.29, 0.717) is 16.9 Å². The molecule has 0 aliphatic heterocycles. The van der Waals surface area contributed by atoms with Crippen molar-refractivity contribution in [2.75, 3.05) is 12.9 Å². The van der Waals surface area contributed by atoms with Crippen molar-refractivity contribution in [2.24, 2.45) is 5.73 Å². The van der Waals surface area contributed by atoms with Crippen LogP contribution in [0.15, 0.2) is 116 Å². The number of carbonyl (C=O) groups is 5. The van der Waals surface area contributed by atoms with E-state index >= 15 is 0 Å². The van der Waals surface area contributed by atoms with Gasteiger partial charge in [0.2, 0.25) is 11.8 Å². The summed E-state index contributed by atoms with van der Waals surface area (Å²) in [5.74, 6) is -2.53. The maximum atomic E-state index is 14.5. The number of aromatic amines is 2. The molecule has 6 N–H and O–H groups in total. The van der Waals surface area contributed by atoms with Crippen LogP contribution in [0.2, 0.25) is 0 Å². The molecule has 0 unspecified atom stereocenters. The number of thioether (sulfide) groups is 1. The molecule has 0 spiro atoms. The minimum atomic E-state index is -1.47. The number of nitrogens with two attached hydrogens (primary N) is 1. The third-order valence-corrected chi connectivity index (χ3v) is 11.1. The van der Waals surface area contributed by atoms with Crippen LogP contribution in [0.25, 0.3) is 21.8 Å². The number of nitrogens with zero attached hydrogens (tertiary/aromatic N) is 1. The fourth-order valence-corrected chi connectivity index (χ4v) is 7.80. The molecule has 61 heavy (non-hydrogen) atoms. The number of Topliss-reactive ketones (excluding diaryl/α,β-unsaturated/α-hetero) is 1. The Morgan fingerprint density at radius 3 is 1.89 bits per heavy atom. The molecule has 0 aliphatic carbocycles. The molecule has 0 saturated heterocycles. The van der Waals surface area contributed by atoms with E-state index in [0.717, 1.165) is 38.7 Å². The zero-order valence-electron chi connectivity index (χ0n) is 34.6. The first-order valence-electron chi connectivity index (χ1n) is 20.0. The maximum absolute atomic E-state index is 14.5. The van der Waals surface area contributed by atoms with Crippen LogP contribution >= 0.6 is 11.8 Å². The Kier molecular flexibility index (Phi) is 14.7. The van der Waals surface area contributed by atoms with Crippen molar-refractivity contribution >= 4 is 63.0 Å². The number of carbonyl (C=O) groups excluding carboxylic acids is 5. The number of hydrogen-bond acceptors (Lipinski definition) is 9. The molecule has 0 bridgehead atoms. The van der Waals surface area contributed by atoms with Gasteiger partial charge in [0, 0.05) is 65.0 Å². The van der Waals surface area contributed by atoms with Crippen LogP contribution in [-0.2, 0) is 53.7 Å². The van der Waals surface area contributed by atoms with Crippen molar-refractivity contribution in [1.29, 1.82) is 0 Å². The van der Waals surface area contributed by atoms with E-state index in [1.165, 1.54) is 11.8 Å². The first-order valence-corrected chi connectivity index (χ1v) is 21.2. The molecule has 4 atom stereocenters. The summed E-state index contributed by atoms with van der Waals surface area (Å²) in [5, 5.41) is 11.7. The second-order valence-electron chi connectivity index (χ2n) is 15.8. The number of ketones is 1. The Hall–Kier alpha value is -6.38. The number of benzene rings is 4. The van der Waals surface area contributed by atoms with Gasteiger partial charge in [0.15, 0.2) is 0 Å². The first-order chi connectivity index (χ1) is 29.3. The molecule has 6 aromatic rings. The normalized spacial score (nSPS) is 13.5. The van der Waals surface area contributed by atoms with E-state index in [4.69, 9.17) is 15.2 Å². The van der Waals surface area contributed by atoms with E-state index in [1.807, 2.05) is 103 Å². The highest BCUT2D eigenvalue weighted by molar-refractivity contribution is 7.98. The predicted octanol–water partition coefficient (Wildman–Crippen LogP) is 5.33. The molecule has 2 heterocycles. The van der Waals surface area contributed by atoms with Crippen molar-refractivity contribution < 1.29 is 33.4 Å². The number of para-hydroxylation sites is 2. The number of nitrogens with one attached hydrogen (secondary N) is 4. The fraction of sp³-hybridized carbons (Fsp3) is 0.298. The molecule has 6 rings (SSSR count). The lowest BCUT2D eigenvalue weighted by Gasteiger charge is -2.25. The highest BCUT2D eigenvalue weighted by Crippen LogP contribution is 2.23. The van der Waals surface area contributed by atoms with Gasteiger partial charge in [-0.05, 0) is 67.3 Å². The number of esters is 1. The van der Waals surface area contributed by atoms with Gasteiger partial charge in [0.1, 0.15) is 29.5 Å². The minimum Gasteiger partial charge on any atom is -0.497 e. The van der Waals surface area contributed by atoms with Gasteiger partial charge >= 0.3 is 5.97 Å². The van der Waals surface area contributed by atoms with E-state index in [-0.39, 0.29) is 25.0 Å². The van der Waals surface area contributed by atoms with Gasteiger partial charge in [0.05, 0.1) is 13.2 Å². The number of H-pyrrole nitrogens is 2. The van der Waals surface area contributed by atoms with Gasteiger partial charge in [0.25, 0.3) is 11.7 Å². The number of rotatable bonds is 19. The average Bonchev–Trinajstić information content (AvgIpc) is 3.86. The maximum Gasteiger partial charge on any atom is 0.377 e. The molecule has 317 valence electrons. The number of methoxy groups -OCH3 is 1. The lowest BCUT2D eigenvalue weighted by atomic mass is 9.99. The number of fused-ring (bicyclic) bond motifs is 2. The summed E-state index contributed by atoms with van der Waals surface area (Å²) < 4.78 is 10.7. The SMILES string of the molecule is COc1ccc(CSC[C@H](N)C(=O)N[C@@H](Cc2ccccc2)C(=O)N[C@@H](Cc2c[nH]c3ccccc23)C(=O)[N][C@H](Cc2c[nH]c3ccccc23)C(=O)C(=O)OC(C)(C)C)cc1. The van der Waals surface area contributed by atoms with Gasteiger partial charge in [-0.3, -0.25) is 19.2 Å². The summed E-state index contributed by atoms with van der Waals surface area (Å²) in [6, 6.07) is 26.8. The molecular weight excluding hydrogens is 793 g/mol. The Balaban J connectivity index is 1.25. The fourth-order valence-electron chi connectivity index (χ4n) is 6.85. The summed E-state index contributed by atoms with van der Waals surface area (Å²) in [6.45, 7) is 4.92. The summed E-state index contributed by atoms with van der Waals surface area (Å²) in [4.78, 5) is 76.0. The number of ether oxygens (including phenoxy) is 2. The number of aromatic nitrogens is 2. The largest absolute Gasteiger partial charge is 0.497 e. The van der Waals surface area contributed by atoms with Crippen molar-refractivity contribution in [1.82, 2.24) is 25.9 Å². The molecule has 13 nitrogen and oxygen atoms in total. The summed E-state index contributed by atoms with van der Waals surface area (Å²) in [7, 11) is 1.60. The van der Waals surface area contributed by atoms with Crippen LogP contribution in [0.1, 0.15) is 43.0 Å². The Morgan fingerprint density at radius 1 is 0.705 bits per heavy atom. The molecule has 3 amide bonds. The van der Waals surface area contributed by atoms with Crippen molar-refractivity contribution in [3.05, 3.63) is 138 Å². The van der Waals surface area contributed by atoms with Crippen molar-refractivity contribution in [2.45, 2.75) is 75.6 Å². The zero-order valence-corrected chi connectivity index (χ0v) is 35.4. The molecule has 1 radical (unpaired) electrons. The van der Waals surface area contributed by atoms with Gasteiger partial charge < -0.3 is 35.8 Å². The lowest BCUT2D eigenvalue weighted by molar-refractivity contribution is -0.163. The van der Waals surface area contributed by atoms with Crippen LogP contribution in [-0.4, -0.2) is 82.1 Å². The minimum absolute atomic E-state index is 0.0218. The predicted molar refractivity (Wildman–Crippen MR) is 237 cm³/mol. The van der Waals surface area contributed by atoms with E-state index in [1.54, 1.807) is 40.3 Å². The molecule has 14 heteroatoms. The quantitative estimate of drug-likeness (QED) is 0.0529. The van der Waals surface area contributed by atoms with Crippen molar-refractivity contribution in [3.8, 4) is 5.75 Å². The lowest BCUT2D eigenvalue weighted by Crippen LogP contribution is -2.57. The summed E-state index contributed by atoms with van der Waals surface area (Å²) in [5.41, 5.74) is 10.2. The highest BCUT2D eigenvalue weighted by Gasteiger charge is 2.36. The molecular formula is C47H51N6O7S. The number of hydrogen-bond donors (Lipinski definition) is 5. The van der Waals surface area contributed by atoms with Gasteiger partial charge in [-0.2, -0.15) is 11.8 Å². The van der Waals surface area contributed by atoms with Crippen LogP contribution in [0, 0.1) is 0 Å². The second-order valence-corrected chi connectivity index (χ2v) is 16.8. The Morgan fingerprint density at radius 2 is 1.28 bits per heavy atom. The van der Waals surface area contributed by atoms with Crippen molar-refractivity contribution in [3.63, 3.8) is 0 Å². The first kappa shape index (κ1) is 44.2. The van der Waals surface area contributed by atoms with Gasteiger partial charge in [-0.1, -0.05) is 78.9 Å². The molecule has 0 saturated carbocycles. The van der Waals surface area contributed by atoms with Gasteiger partial charge in [-0.15, -0.1) is 0 Å². The molecule has 0 aliphatic rings. The number of amides is 3. The standard InChI is InChI=1S/C47H51N6O7S/c1-47(2,3)60-46(58)42(54)39(23-31-25-49-37-16-10-8-14-34(31)37)51-45(57)41(24-32-26-50-38-17-11-9-15-35(32)38)53-44(56)40(22-29-12-6-5-7-13-29)52-43(55)36(48)28-61-27-30-18-20-33(59-4)21-19-30/h5-21,25-26,36,39-41,49-50H,22-24,27-28,48H2,1-4H3,(H,52,55)(H,53,56)/t36-,39+,40-,41-/m0/s1. The average molecular weight is 844 g/mol. The van der Waals surface area contributed by atoms with Gasteiger partial charge in [-0.25, -0.2) is 10.1 Å². The van der Waals surface area contributed by atoms with Crippen LogP contribution < -0.4 is 26.4 Å².